The lowest BCUT2D eigenvalue weighted by Crippen LogP contribution is -2.30. The van der Waals surface area contributed by atoms with Gasteiger partial charge in [0.1, 0.15) is 6.61 Å². The molecule has 0 amide bonds. The monoisotopic (exact) mass is 763 g/mol. The van der Waals surface area contributed by atoms with Crippen LogP contribution in [0.15, 0.2) is 12.2 Å². The topological polar surface area (TPSA) is 61.8 Å². The Bertz CT molecular complexity index is 780. The Labute approximate surface area is 337 Å². The lowest BCUT2D eigenvalue weighted by molar-refractivity contribution is -0.163. The van der Waals surface area contributed by atoms with E-state index in [1.807, 2.05) is 0 Å². The Balaban J connectivity index is 4.11. The van der Waals surface area contributed by atoms with Gasteiger partial charge < -0.3 is 14.2 Å². The molecule has 1 atom stereocenters. The Morgan fingerprint density at radius 1 is 0.389 bits per heavy atom. The Morgan fingerprint density at radius 3 is 1.19 bits per heavy atom. The molecule has 0 aromatic rings. The molecule has 5 heteroatoms. The van der Waals surface area contributed by atoms with Gasteiger partial charge in [-0.15, -0.1) is 0 Å². The number of esters is 2. The molecule has 0 rings (SSSR count). The van der Waals surface area contributed by atoms with Crippen LogP contribution in [0.25, 0.3) is 0 Å². The fraction of sp³-hybridized carbons (Fsp3) is 0.918. The smallest absolute Gasteiger partial charge is 0.306 e. The summed E-state index contributed by atoms with van der Waals surface area (Å²) in [4.78, 5) is 25.2. The van der Waals surface area contributed by atoms with Gasteiger partial charge in [-0.1, -0.05) is 226 Å². The molecule has 320 valence electrons. The molecule has 1 unspecified atom stereocenters. The van der Waals surface area contributed by atoms with E-state index in [0.717, 1.165) is 44.9 Å². The van der Waals surface area contributed by atoms with Gasteiger partial charge in [0.05, 0.1) is 6.61 Å². The minimum absolute atomic E-state index is 0.0891. The van der Waals surface area contributed by atoms with Crippen molar-refractivity contribution in [2.45, 2.75) is 271 Å². The van der Waals surface area contributed by atoms with E-state index in [2.05, 4.69) is 32.9 Å². The molecule has 0 aromatic heterocycles. The van der Waals surface area contributed by atoms with Crippen LogP contribution >= 0.6 is 0 Å². The average molecular weight is 763 g/mol. The highest BCUT2D eigenvalue weighted by Gasteiger charge is 2.17. The molecule has 54 heavy (non-hydrogen) atoms. The fourth-order valence-electron chi connectivity index (χ4n) is 7.14. The number of carbonyl (C=O) groups excluding carboxylic acids is 2. The van der Waals surface area contributed by atoms with E-state index in [0.29, 0.717) is 26.1 Å². The van der Waals surface area contributed by atoms with Gasteiger partial charge in [-0.2, -0.15) is 0 Å². The molecule has 0 bridgehead atoms. The molecular weight excluding hydrogens is 669 g/mol. The second-order valence-corrected chi connectivity index (χ2v) is 16.4. The molecular formula is C49H94O5. The Hall–Kier alpha value is -1.36. The molecule has 0 saturated heterocycles. The minimum atomic E-state index is -0.527. The molecule has 0 aliphatic heterocycles. The molecule has 0 aliphatic rings. The second-order valence-electron chi connectivity index (χ2n) is 16.4. The highest BCUT2D eigenvalue weighted by atomic mass is 16.6. The van der Waals surface area contributed by atoms with Crippen molar-refractivity contribution in [3.63, 3.8) is 0 Å². The maximum absolute atomic E-state index is 12.7. The molecule has 0 heterocycles. The summed E-state index contributed by atoms with van der Waals surface area (Å²) < 4.78 is 17.3. The third-order valence-electron chi connectivity index (χ3n) is 10.8. The number of rotatable bonds is 45. The summed E-state index contributed by atoms with van der Waals surface area (Å²) in [5.74, 6) is -0.395. The van der Waals surface area contributed by atoms with Gasteiger partial charge >= 0.3 is 11.9 Å². The lowest BCUT2D eigenvalue weighted by Gasteiger charge is -2.18. The first-order valence-electron chi connectivity index (χ1n) is 24.2. The van der Waals surface area contributed by atoms with Gasteiger partial charge in [-0.25, -0.2) is 0 Å². The van der Waals surface area contributed by atoms with Crippen molar-refractivity contribution in [3.8, 4) is 0 Å². The van der Waals surface area contributed by atoms with E-state index in [9.17, 15) is 9.59 Å². The second kappa shape index (κ2) is 46.0. The van der Waals surface area contributed by atoms with Crippen LogP contribution in [0.3, 0.4) is 0 Å². The Kier molecular flexibility index (Phi) is 44.9. The van der Waals surface area contributed by atoms with Gasteiger partial charge in [0.15, 0.2) is 6.10 Å². The molecule has 0 N–H and O–H groups in total. The number of hydrogen-bond donors (Lipinski definition) is 0. The summed E-state index contributed by atoms with van der Waals surface area (Å²) in [7, 11) is 0. The van der Waals surface area contributed by atoms with Gasteiger partial charge in [0.25, 0.3) is 0 Å². The summed E-state index contributed by atoms with van der Waals surface area (Å²) in [6, 6.07) is 0. The SMILES string of the molecule is CCCC/C=C\CCCCCCCC(=O)OCC(COCCCCCCCCCCCCCCCCCCCC)OC(=O)CCCCCCCCCCC. The van der Waals surface area contributed by atoms with Crippen molar-refractivity contribution >= 4 is 11.9 Å². The van der Waals surface area contributed by atoms with Crippen LogP contribution in [0.4, 0.5) is 0 Å². The van der Waals surface area contributed by atoms with Crippen molar-refractivity contribution in [2.24, 2.45) is 0 Å². The standard InChI is InChI=1S/C49H94O5/c1-4-7-10-13-16-19-21-22-23-24-25-26-27-29-32-35-38-41-44-52-45-47(54-49(51)43-40-37-34-30-18-15-12-9-6-3)46-53-48(50)42-39-36-33-31-28-20-17-14-11-8-5-2/h14,17,47H,4-13,15-16,18-46H2,1-3H3/b17-14-. The quantitative estimate of drug-likeness (QED) is 0.0351. The van der Waals surface area contributed by atoms with E-state index in [1.54, 1.807) is 0 Å². The summed E-state index contributed by atoms with van der Waals surface area (Å²) in [5.41, 5.74) is 0. The third-order valence-corrected chi connectivity index (χ3v) is 10.8. The highest BCUT2D eigenvalue weighted by molar-refractivity contribution is 5.70. The zero-order valence-electron chi connectivity index (χ0n) is 36.8. The molecule has 5 nitrogen and oxygen atoms in total. The third kappa shape index (κ3) is 43.4. The predicted molar refractivity (Wildman–Crippen MR) is 233 cm³/mol. The van der Waals surface area contributed by atoms with E-state index in [1.165, 1.54) is 186 Å². The van der Waals surface area contributed by atoms with Gasteiger partial charge in [-0.3, -0.25) is 9.59 Å². The van der Waals surface area contributed by atoms with Crippen molar-refractivity contribution in [2.75, 3.05) is 19.8 Å². The summed E-state index contributed by atoms with van der Waals surface area (Å²) in [6.45, 7) is 7.82. The number of carbonyl (C=O) groups is 2. The molecule has 0 aliphatic carbocycles. The molecule has 0 aromatic carbocycles. The van der Waals surface area contributed by atoms with Crippen molar-refractivity contribution in [1.29, 1.82) is 0 Å². The zero-order valence-corrected chi connectivity index (χ0v) is 36.8. The van der Waals surface area contributed by atoms with Gasteiger partial charge in [0.2, 0.25) is 0 Å². The predicted octanol–water partition coefficient (Wildman–Crippen LogP) is 15.9. The number of unbranched alkanes of at least 4 members (excludes halogenated alkanes) is 32. The van der Waals surface area contributed by atoms with Crippen LogP contribution in [0.1, 0.15) is 265 Å². The normalized spacial score (nSPS) is 12.1. The van der Waals surface area contributed by atoms with Crippen molar-refractivity contribution < 1.29 is 23.8 Å². The average Bonchev–Trinajstić information content (AvgIpc) is 3.17. The largest absolute Gasteiger partial charge is 0.462 e. The van der Waals surface area contributed by atoms with E-state index in [-0.39, 0.29) is 18.5 Å². The first-order valence-corrected chi connectivity index (χ1v) is 24.2. The van der Waals surface area contributed by atoms with Crippen LogP contribution in [-0.2, 0) is 23.8 Å². The van der Waals surface area contributed by atoms with Crippen molar-refractivity contribution in [3.05, 3.63) is 12.2 Å². The Morgan fingerprint density at radius 2 is 0.741 bits per heavy atom. The van der Waals surface area contributed by atoms with Crippen LogP contribution in [-0.4, -0.2) is 37.9 Å². The molecule has 0 fully saturated rings. The summed E-state index contributed by atoms with van der Waals surface area (Å²) in [5, 5.41) is 0. The van der Waals surface area contributed by atoms with Crippen LogP contribution in [0.2, 0.25) is 0 Å². The summed E-state index contributed by atoms with van der Waals surface area (Å²) in [6.07, 6.45) is 50.8. The maximum atomic E-state index is 12.7. The molecule has 0 spiro atoms. The van der Waals surface area contributed by atoms with E-state index in [4.69, 9.17) is 14.2 Å². The number of hydrogen-bond acceptors (Lipinski definition) is 5. The number of allylic oxidation sites excluding steroid dienone is 2. The van der Waals surface area contributed by atoms with Gasteiger partial charge in [0, 0.05) is 19.4 Å². The highest BCUT2D eigenvalue weighted by Crippen LogP contribution is 2.16. The number of ether oxygens (including phenoxy) is 3. The minimum Gasteiger partial charge on any atom is -0.462 e. The van der Waals surface area contributed by atoms with Gasteiger partial charge in [-0.05, 0) is 38.5 Å². The fourth-order valence-corrected chi connectivity index (χ4v) is 7.14. The van der Waals surface area contributed by atoms with Crippen molar-refractivity contribution in [1.82, 2.24) is 0 Å². The summed E-state index contributed by atoms with van der Waals surface area (Å²) >= 11 is 0. The molecule has 0 saturated carbocycles. The van der Waals surface area contributed by atoms with Crippen LogP contribution in [0, 0.1) is 0 Å². The first-order chi connectivity index (χ1) is 26.6. The van der Waals surface area contributed by atoms with E-state index < -0.39 is 6.10 Å². The van der Waals surface area contributed by atoms with Crippen LogP contribution < -0.4 is 0 Å². The zero-order chi connectivity index (χ0) is 39.3. The van der Waals surface area contributed by atoms with E-state index >= 15 is 0 Å². The first kappa shape index (κ1) is 52.6. The maximum Gasteiger partial charge on any atom is 0.306 e. The molecule has 0 radical (unpaired) electrons. The van der Waals surface area contributed by atoms with Crippen LogP contribution in [0.5, 0.6) is 0 Å². The lowest BCUT2D eigenvalue weighted by atomic mass is 10.0.